The second-order valence-corrected chi connectivity index (χ2v) is 2.48. The zero-order valence-corrected chi connectivity index (χ0v) is 7.65. The Morgan fingerprint density at radius 2 is 1.11 bits per heavy atom. The molecule has 0 bridgehead atoms. The summed E-state index contributed by atoms with van der Waals surface area (Å²) in [5.41, 5.74) is 0. The van der Waals surface area contributed by atoms with Gasteiger partial charge in [-0.15, -0.1) is 0 Å². The van der Waals surface area contributed by atoms with E-state index >= 15 is 0 Å². The summed E-state index contributed by atoms with van der Waals surface area (Å²) < 4.78 is 0. The van der Waals surface area contributed by atoms with Crippen molar-refractivity contribution in [3.05, 3.63) is 0 Å². The summed E-state index contributed by atoms with van der Waals surface area (Å²) in [6.45, 7) is 12.6. The van der Waals surface area contributed by atoms with E-state index in [1.165, 1.54) is 0 Å². The van der Waals surface area contributed by atoms with Crippen LogP contribution in [0.15, 0.2) is 0 Å². The predicted octanol–water partition coefficient (Wildman–Crippen LogP) is 2.67. The van der Waals surface area contributed by atoms with E-state index in [-0.39, 0.29) is 1.43 Å². The van der Waals surface area contributed by atoms with Gasteiger partial charge in [-0.2, -0.15) is 0 Å². The van der Waals surface area contributed by atoms with Crippen LogP contribution in [-0.4, -0.2) is 12.1 Å². The van der Waals surface area contributed by atoms with Gasteiger partial charge >= 0.3 is 0 Å². The highest BCUT2D eigenvalue weighted by Gasteiger charge is 1.92. The molecule has 0 saturated heterocycles. The van der Waals surface area contributed by atoms with Gasteiger partial charge in [-0.1, -0.05) is 41.5 Å². The molecule has 0 radical (unpaired) electrons. The topological polar surface area (TPSA) is 12.0 Å². The van der Waals surface area contributed by atoms with Crippen LogP contribution in [0.25, 0.3) is 0 Å². The van der Waals surface area contributed by atoms with Gasteiger partial charge in [0.15, 0.2) is 0 Å². The number of nitrogens with one attached hydrogen (secondary N) is 1. The molecular weight excluding hydrogens is 110 g/mol. The molecule has 1 heteroatoms. The average Bonchev–Trinajstić information content (AvgIpc) is 1.68. The second-order valence-electron chi connectivity index (χ2n) is 2.48. The predicted molar refractivity (Wildman–Crippen MR) is 46.9 cm³/mol. The van der Waals surface area contributed by atoms with Crippen molar-refractivity contribution in [2.24, 2.45) is 0 Å². The summed E-state index contributed by atoms with van der Waals surface area (Å²) in [6, 6.07) is 1.25. The highest BCUT2D eigenvalue weighted by Crippen LogP contribution is 1.80. The van der Waals surface area contributed by atoms with Crippen molar-refractivity contribution in [2.75, 3.05) is 0 Å². The Labute approximate surface area is 61.3 Å². The van der Waals surface area contributed by atoms with Gasteiger partial charge in [0.2, 0.25) is 0 Å². The Morgan fingerprint density at radius 1 is 0.889 bits per heavy atom. The average molecular weight is 133 g/mol. The summed E-state index contributed by atoms with van der Waals surface area (Å²) in [5.74, 6) is 0. The maximum atomic E-state index is 3.31. The van der Waals surface area contributed by atoms with Gasteiger partial charge in [-0.25, -0.2) is 0 Å². The van der Waals surface area contributed by atoms with Crippen LogP contribution in [0, 0.1) is 0 Å². The molecule has 1 nitrogen and oxygen atoms in total. The third-order valence-electron chi connectivity index (χ3n) is 0.667. The van der Waals surface area contributed by atoms with Crippen LogP contribution in [0.5, 0.6) is 0 Å². The van der Waals surface area contributed by atoms with Crippen LogP contribution in [0.3, 0.4) is 0 Å². The third-order valence-corrected chi connectivity index (χ3v) is 0.667. The molecule has 0 spiro atoms. The molecule has 0 aliphatic heterocycles. The molecule has 0 fully saturated rings. The smallest absolute Gasteiger partial charge is 0.00127 e. The standard InChI is InChI=1S/C6H15N.C2H6.H2/c1-5(2)7-6(3)4;1-2;/h5-7H,1-4H3;1-2H3;1H. The monoisotopic (exact) mass is 133 g/mol. The van der Waals surface area contributed by atoms with Crippen molar-refractivity contribution in [1.82, 2.24) is 5.32 Å². The van der Waals surface area contributed by atoms with E-state index in [0.717, 1.165) is 0 Å². The molecule has 0 aliphatic rings. The van der Waals surface area contributed by atoms with Crippen molar-refractivity contribution in [2.45, 2.75) is 53.6 Å². The minimum atomic E-state index is 0. The SMILES string of the molecule is CC.CC(C)NC(C)C.[HH]. The Hall–Kier alpha value is -0.0400. The van der Waals surface area contributed by atoms with Crippen molar-refractivity contribution >= 4 is 0 Å². The first-order valence-electron chi connectivity index (χ1n) is 3.89. The van der Waals surface area contributed by atoms with Crippen molar-refractivity contribution < 1.29 is 1.43 Å². The molecule has 0 atom stereocenters. The zero-order chi connectivity index (χ0) is 7.86. The van der Waals surface area contributed by atoms with E-state index in [1.807, 2.05) is 13.8 Å². The molecule has 0 amide bonds. The summed E-state index contributed by atoms with van der Waals surface area (Å²) >= 11 is 0. The van der Waals surface area contributed by atoms with E-state index < -0.39 is 0 Å². The summed E-state index contributed by atoms with van der Waals surface area (Å²) in [6.07, 6.45) is 0. The lowest BCUT2D eigenvalue weighted by molar-refractivity contribution is 0.518. The van der Waals surface area contributed by atoms with Crippen molar-refractivity contribution in [1.29, 1.82) is 0 Å². The first-order chi connectivity index (χ1) is 4.13. The van der Waals surface area contributed by atoms with E-state index in [2.05, 4.69) is 33.0 Å². The fraction of sp³-hybridized carbons (Fsp3) is 1.00. The maximum Gasteiger partial charge on any atom is 0.00127 e. The minimum Gasteiger partial charge on any atom is -0.312 e. The van der Waals surface area contributed by atoms with Gasteiger partial charge in [0.05, 0.1) is 0 Å². The fourth-order valence-electron chi connectivity index (χ4n) is 0.667. The lowest BCUT2D eigenvalue weighted by Crippen LogP contribution is -2.29. The second kappa shape index (κ2) is 7.96. The van der Waals surface area contributed by atoms with Gasteiger partial charge in [-0.3, -0.25) is 0 Å². The zero-order valence-electron chi connectivity index (χ0n) is 7.65. The summed E-state index contributed by atoms with van der Waals surface area (Å²) in [5, 5.41) is 3.31. The Balaban J connectivity index is -0.000000149. The molecule has 0 saturated carbocycles. The van der Waals surface area contributed by atoms with Crippen LogP contribution < -0.4 is 5.32 Å². The quantitative estimate of drug-likeness (QED) is 0.610. The molecule has 0 aromatic heterocycles. The van der Waals surface area contributed by atoms with Crippen LogP contribution in [0.4, 0.5) is 0 Å². The molecule has 0 aliphatic carbocycles. The van der Waals surface area contributed by atoms with E-state index in [1.54, 1.807) is 0 Å². The highest BCUT2D eigenvalue weighted by molar-refractivity contribution is 4.55. The molecule has 60 valence electrons. The first kappa shape index (κ1) is 11.7. The molecule has 0 aromatic carbocycles. The number of rotatable bonds is 2. The minimum absolute atomic E-state index is 0. The maximum absolute atomic E-state index is 3.31. The molecule has 0 aromatic rings. The van der Waals surface area contributed by atoms with Gasteiger partial charge in [0.1, 0.15) is 0 Å². The normalized spacial score (nSPS) is 9.33. The summed E-state index contributed by atoms with van der Waals surface area (Å²) in [7, 11) is 0. The van der Waals surface area contributed by atoms with Gasteiger partial charge in [0, 0.05) is 13.5 Å². The van der Waals surface area contributed by atoms with Crippen LogP contribution in [-0.2, 0) is 0 Å². The summed E-state index contributed by atoms with van der Waals surface area (Å²) in [4.78, 5) is 0. The first-order valence-corrected chi connectivity index (χ1v) is 3.89. The fourth-order valence-corrected chi connectivity index (χ4v) is 0.667. The van der Waals surface area contributed by atoms with Crippen molar-refractivity contribution in [3.63, 3.8) is 0 Å². The highest BCUT2D eigenvalue weighted by atomic mass is 14.9. The van der Waals surface area contributed by atoms with E-state index in [4.69, 9.17) is 0 Å². The Bertz CT molecular complexity index is 38.5. The lowest BCUT2D eigenvalue weighted by Gasteiger charge is -2.10. The molecule has 1 N–H and O–H groups in total. The molecule has 0 unspecified atom stereocenters. The van der Waals surface area contributed by atoms with Crippen LogP contribution >= 0.6 is 0 Å². The molecular formula is C8H23N. The van der Waals surface area contributed by atoms with Crippen molar-refractivity contribution in [3.8, 4) is 0 Å². The Morgan fingerprint density at radius 3 is 1.11 bits per heavy atom. The molecule has 9 heavy (non-hydrogen) atoms. The van der Waals surface area contributed by atoms with Gasteiger partial charge < -0.3 is 5.32 Å². The number of hydrogen-bond acceptors (Lipinski definition) is 1. The largest absolute Gasteiger partial charge is 0.312 e. The van der Waals surface area contributed by atoms with Crippen LogP contribution in [0.2, 0.25) is 0 Å². The molecule has 0 rings (SSSR count). The van der Waals surface area contributed by atoms with E-state index in [0.29, 0.717) is 12.1 Å². The Kier molecular flexibility index (Phi) is 10.4. The van der Waals surface area contributed by atoms with Gasteiger partial charge in [-0.05, 0) is 0 Å². The third kappa shape index (κ3) is 18.0. The van der Waals surface area contributed by atoms with Gasteiger partial charge in [0.25, 0.3) is 0 Å². The van der Waals surface area contributed by atoms with E-state index in [9.17, 15) is 0 Å². The molecule has 0 heterocycles. The van der Waals surface area contributed by atoms with Crippen LogP contribution in [0.1, 0.15) is 43.0 Å². The lowest BCUT2D eigenvalue weighted by atomic mass is 10.3. The number of hydrogen-bond donors (Lipinski definition) is 1.